The summed E-state index contributed by atoms with van der Waals surface area (Å²) >= 11 is 0. The summed E-state index contributed by atoms with van der Waals surface area (Å²) in [6, 6.07) is 29.8. The third-order valence-corrected chi connectivity index (χ3v) is 20.2. The molecular weight excluding hydrogens is 1480 g/mol. The molecule has 3 unspecified atom stereocenters. The predicted molar refractivity (Wildman–Crippen MR) is 392 cm³/mol. The first kappa shape index (κ1) is 77.0. The van der Waals surface area contributed by atoms with Gasteiger partial charge >= 0.3 is 12.2 Å². The van der Waals surface area contributed by atoms with E-state index < -0.39 is 11.2 Å². The number of likely N-dealkylation sites (tertiary alicyclic amines) is 2. The fraction of sp³-hybridized carbons (Fsp3) is 0.458. The number of nitrogens with two attached hydrogens (primary N) is 1. The zero-order valence-electron chi connectivity index (χ0n) is 60.4. The maximum atomic E-state index is 12.6. The molecule has 14 rings (SSSR count). The first-order chi connectivity index (χ1) is 48.5. The SMILES string of the molecule is CC(C)(C)OC(=O)N1CCC(CCCOc2ccc3c(ccc4occ(C5CCC(=O)CC5=O)c43)c2)CC1.CC(C)(C)OC(=O)N1CCC(CCCOc2ccc3c(ccc4occ(C5CCC(=O)CC5=O)c43)c2)CC1.NCCOc1ccc2c(ccc3occ(C4CCC(=O)CC4=O)c32)c1.[CH3-].[W]. The number of hydrogen-bond acceptors (Lipinski definition) is 17. The van der Waals surface area contributed by atoms with Crippen molar-refractivity contribution >= 4 is 112 Å². The second-order valence-electron chi connectivity index (χ2n) is 29.8. The van der Waals surface area contributed by atoms with Gasteiger partial charge in [0.1, 0.15) is 86.5 Å². The first-order valence-corrected chi connectivity index (χ1v) is 36.0. The van der Waals surface area contributed by atoms with E-state index in [-0.39, 0.29) is 112 Å². The Morgan fingerprint density at radius 2 is 0.757 bits per heavy atom. The van der Waals surface area contributed by atoms with Gasteiger partial charge in [-0.3, -0.25) is 28.8 Å². The number of ketones is 6. The number of benzene rings is 6. The average Bonchev–Trinajstić information content (AvgIpc) is 1.68. The second kappa shape index (κ2) is 33.8. The molecule has 2 N–H and O–H groups in total. The molecule has 2 amide bonds. The molecule has 2 aliphatic heterocycles. The Bertz CT molecular complexity index is 4360. The van der Waals surface area contributed by atoms with Gasteiger partial charge < -0.3 is 59.9 Å². The molecule has 6 aromatic carbocycles. The summed E-state index contributed by atoms with van der Waals surface area (Å²) in [6.45, 7) is 16.6. The number of furan rings is 3. The van der Waals surface area contributed by atoms with Crippen LogP contribution in [0.25, 0.3) is 65.2 Å². The van der Waals surface area contributed by atoms with Crippen LogP contribution in [0.2, 0.25) is 0 Å². The molecule has 2 saturated heterocycles. The van der Waals surface area contributed by atoms with Crippen molar-refractivity contribution in [2.45, 2.75) is 180 Å². The first-order valence-electron chi connectivity index (χ1n) is 36.0. The van der Waals surface area contributed by atoms with Gasteiger partial charge in [0.15, 0.2) is 0 Å². The van der Waals surface area contributed by atoms with Crippen LogP contribution in [0.4, 0.5) is 9.59 Å². The Labute approximate surface area is 615 Å². The molecule has 3 aromatic heterocycles. The van der Waals surface area contributed by atoms with E-state index in [9.17, 15) is 38.4 Å². The monoisotopic (exact) mass is 1570 g/mol. The topological polar surface area (TPSA) is 255 Å². The number of hydrogen-bond donors (Lipinski definition) is 1. The number of nitrogens with zero attached hydrogens (tertiary/aromatic N) is 2. The molecule has 0 bridgehead atoms. The number of ether oxygens (including phenoxy) is 5. The van der Waals surface area contributed by atoms with E-state index in [0.29, 0.717) is 76.7 Å². The van der Waals surface area contributed by atoms with Crippen LogP contribution in [0.15, 0.2) is 123 Å². The Hall–Kier alpha value is -8.67. The predicted octanol–water partition coefficient (Wildman–Crippen LogP) is 17.4. The van der Waals surface area contributed by atoms with Crippen LogP contribution in [0, 0.1) is 19.3 Å². The van der Waals surface area contributed by atoms with Crippen LogP contribution in [0.3, 0.4) is 0 Å². The standard InChI is InChI=1S/2C31H37NO6.C20H19NO4.CH3.W/c2*1-31(2,3)38-30(35)32-14-12-20(13-15-32)5-4-16-36-23-8-10-24-21(17-23)6-11-28-29(24)26(19-37-28)25-9-7-22(33)18-27(25)34;21-7-8-24-14-3-5-15-12(9-14)1-6-19-20(15)17(11-25-19)16-4-2-13(22)10-18(16)23;;/h2*6,8,10-11,17,19-20,25H,4-5,7,9,12-16,18H2,1-3H3;1,3,5-6,9,11,16H,2,4,7-8,10,21H2;1H3;/q;;;-1;. The van der Waals surface area contributed by atoms with Gasteiger partial charge in [0.2, 0.25) is 0 Å². The number of fused-ring (bicyclic) bond motifs is 9. The maximum absolute atomic E-state index is 12.6. The van der Waals surface area contributed by atoms with Gasteiger partial charge in [0.05, 0.1) is 51.3 Å². The van der Waals surface area contributed by atoms with Crippen LogP contribution in [0.5, 0.6) is 17.2 Å². The molecule has 5 aliphatic rings. The molecule has 3 saturated carbocycles. The van der Waals surface area contributed by atoms with Crippen LogP contribution >= 0.6 is 0 Å². The molecule has 3 aliphatic carbocycles. The normalized spacial score (nSPS) is 18.7. The van der Waals surface area contributed by atoms with Crippen LogP contribution in [0.1, 0.15) is 185 Å². The zero-order valence-corrected chi connectivity index (χ0v) is 63.3. The number of carbonyl (C=O) groups is 8. The number of piperidine rings is 2. The number of carbonyl (C=O) groups excluding carboxylic acids is 8. The summed E-state index contributed by atoms with van der Waals surface area (Å²) < 4.78 is 46.0. The van der Waals surface area contributed by atoms with Gasteiger partial charge in [-0.2, -0.15) is 0 Å². The van der Waals surface area contributed by atoms with Crippen molar-refractivity contribution < 1.29 is 96.4 Å². The smallest absolute Gasteiger partial charge is 0.410 e. The summed E-state index contributed by atoms with van der Waals surface area (Å²) in [5, 5.41) is 9.03. The molecule has 3 atom stereocenters. The molecule has 0 radical (unpaired) electrons. The molecule has 546 valence electrons. The van der Waals surface area contributed by atoms with E-state index >= 15 is 0 Å². The van der Waals surface area contributed by atoms with Crippen molar-refractivity contribution in [2.75, 3.05) is 52.5 Å². The van der Waals surface area contributed by atoms with Crippen LogP contribution in [-0.2, 0) is 59.3 Å². The molecular formula is C83H96N3O16W-. The van der Waals surface area contributed by atoms with E-state index in [0.717, 1.165) is 177 Å². The minimum absolute atomic E-state index is 0. The van der Waals surface area contributed by atoms with Gasteiger partial charge in [-0.05, 0) is 229 Å². The van der Waals surface area contributed by atoms with E-state index in [1.165, 1.54) is 0 Å². The average molecular weight is 1580 g/mol. The van der Waals surface area contributed by atoms with Gasteiger partial charge in [-0.1, -0.05) is 18.2 Å². The second-order valence-corrected chi connectivity index (χ2v) is 29.8. The van der Waals surface area contributed by atoms with Crippen molar-refractivity contribution in [1.82, 2.24) is 9.80 Å². The quantitative estimate of drug-likeness (QED) is 0.0536. The fourth-order valence-electron chi connectivity index (χ4n) is 15.0. The van der Waals surface area contributed by atoms with Gasteiger partial charge in [0, 0.05) is 124 Å². The summed E-state index contributed by atoms with van der Waals surface area (Å²) in [6.07, 6.45) is 15.7. The van der Waals surface area contributed by atoms with E-state index in [2.05, 4.69) is 0 Å². The van der Waals surface area contributed by atoms with Crippen molar-refractivity contribution in [1.29, 1.82) is 0 Å². The third kappa shape index (κ3) is 18.8. The Kier molecular flexibility index (Phi) is 25.3. The summed E-state index contributed by atoms with van der Waals surface area (Å²) in [5.74, 6) is 2.79. The maximum Gasteiger partial charge on any atom is 0.410 e. The largest absolute Gasteiger partial charge is 0.494 e. The Balaban J connectivity index is 0.000000168. The molecule has 20 heteroatoms. The van der Waals surface area contributed by atoms with Gasteiger partial charge in [0.25, 0.3) is 0 Å². The summed E-state index contributed by atoms with van der Waals surface area (Å²) in [5.41, 5.74) is 9.47. The Morgan fingerprint density at radius 3 is 1.05 bits per heavy atom. The molecule has 5 fully saturated rings. The summed E-state index contributed by atoms with van der Waals surface area (Å²) in [4.78, 5) is 101. The van der Waals surface area contributed by atoms with Crippen LogP contribution < -0.4 is 19.9 Å². The van der Waals surface area contributed by atoms with Gasteiger partial charge in [-0.25, -0.2) is 9.59 Å². The van der Waals surface area contributed by atoms with E-state index in [4.69, 9.17) is 42.7 Å². The van der Waals surface area contributed by atoms with E-state index in [1.807, 2.05) is 142 Å². The molecule has 9 aromatic rings. The number of amides is 2. The van der Waals surface area contributed by atoms with E-state index in [1.54, 1.807) is 18.8 Å². The van der Waals surface area contributed by atoms with Crippen molar-refractivity contribution in [3.63, 3.8) is 0 Å². The number of Topliss-reactive ketones (excluding diaryl/α,β-unsaturated/α-hetero) is 6. The van der Waals surface area contributed by atoms with Crippen molar-refractivity contribution in [3.05, 3.63) is 134 Å². The molecule has 5 heterocycles. The number of rotatable bonds is 16. The Morgan fingerprint density at radius 1 is 0.447 bits per heavy atom. The molecule has 19 nitrogen and oxygen atoms in total. The summed E-state index contributed by atoms with van der Waals surface area (Å²) in [7, 11) is 0. The zero-order chi connectivity index (χ0) is 71.1. The fourth-order valence-corrected chi connectivity index (χ4v) is 15.0. The minimum atomic E-state index is -0.461. The minimum Gasteiger partial charge on any atom is -0.494 e. The van der Waals surface area contributed by atoms with Crippen LogP contribution in [-0.4, -0.2) is 120 Å². The van der Waals surface area contributed by atoms with Gasteiger partial charge in [-0.15, -0.1) is 0 Å². The van der Waals surface area contributed by atoms with Crippen molar-refractivity contribution in [2.24, 2.45) is 17.6 Å². The third-order valence-electron chi connectivity index (χ3n) is 20.2. The molecule has 0 spiro atoms. The molecule has 103 heavy (non-hydrogen) atoms. The van der Waals surface area contributed by atoms with Crippen molar-refractivity contribution in [3.8, 4) is 17.2 Å².